The lowest BCUT2D eigenvalue weighted by atomic mass is 10.1. The summed E-state index contributed by atoms with van der Waals surface area (Å²) in [6, 6.07) is 15.2. The highest BCUT2D eigenvalue weighted by atomic mass is 32.2. The van der Waals surface area contributed by atoms with Gasteiger partial charge in [0.25, 0.3) is 0 Å². The van der Waals surface area contributed by atoms with Crippen molar-refractivity contribution in [3.05, 3.63) is 71.5 Å². The predicted molar refractivity (Wildman–Crippen MR) is 104 cm³/mol. The molecule has 5 nitrogen and oxygen atoms in total. The molecule has 0 aliphatic rings. The summed E-state index contributed by atoms with van der Waals surface area (Å²) in [7, 11) is 0. The van der Waals surface area contributed by atoms with Crippen LogP contribution in [0.4, 0.5) is 5.69 Å². The zero-order valence-electron chi connectivity index (χ0n) is 14.6. The van der Waals surface area contributed by atoms with Gasteiger partial charge in [-0.15, -0.1) is 0 Å². The number of hydrogen-bond acceptors (Lipinski definition) is 4. The van der Waals surface area contributed by atoms with Crippen LogP contribution in [0.25, 0.3) is 5.69 Å². The Morgan fingerprint density at radius 2 is 1.88 bits per heavy atom. The van der Waals surface area contributed by atoms with Gasteiger partial charge in [0.05, 0.1) is 17.4 Å². The molecule has 2 aromatic carbocycles. The lowest BCUT2D eigenvalue weighted by molar-refractivity contribution is -0.113. The van der Waals surface area contributed by atoms with E-state index in [1.807, 2.05) is 10.8 Å². The molecule has 0 atom stereocenters. The number of nitrogens with zero attached hydrogens (tertiary/aromatic N) is 3. The van der Waals surface area contributed by atoms with Crippen molar-refractivity contribution < 1.29 is 4.79 Å². The van der Waals surface area contributed by atoms with Crippen molar-refractivity contribution in [2.45, 2.75) is 19.0 Å². The van der Waals surface area contributed by atoms with Crippen LogP contribution in [-0.2, 0) is 4.79 Å². The van der Waals surface area contributed by atoms with Crippen LogP contribution in [0.1, 0.15) is 16.7 Å². The van der Waals surface area contributed by atoms with Crippen molar-refractivity contribution in [1.29, 1.82) is 5.26 Å². The SMILES string of the molecule is Cc1cc(C)cc(-n2ccnc2SCC(=O)Nc2ccc(C#N)cc2)c1. The number of aryl methyl sites for hydroxylation is 2. The zero-order valence-corrected chi connectivity index (χ0v) is 15.4. The van der Waals surface area contributed by atoms with Crippen molar-refractivity contribution in [1.82, 2.24) is 9.55 Å². The third-order valence-corrected chi connectivity index (χ3v) is 4.69. The van der Waals surface area contributed by atoms with Crippen molar-refractivity contribution in [3.8, 4) is 11.8 Å². The zero-order chi connectivity index (χ0) is 18.5. The number of carbonyl (C=O) groups is 1. The summed E-state index contributed by atoms with van der Waals surface area (Å²) in [5.74, 6) is 0.136. The number of hydrogen-bond donors (Lipinski definition) is 1. The van der Waals surface area contributed by atoms with E-state index in [0.717, 1.165) is 10.8 Å². The van der Waals surface area contributed by atoms with E-state index in [1.165, 1.54) is 22.9 Å². The topological polar surface area (TPSA) is 70.7 Å². The standard InChI is InChI=1S/C20H18N4OS/c1-14-9-15(2)11-18(10-14)24-8-7-22-20(24)26-13-19(25)23-17-5-3-16(12-21)4-6-17/h3-11H,13H2,1-2H3,(H,23,25). The van der Waals surface area contributed by atoms with E-state index >= 15 is 0 Å². The molecule has 0 aliphatic carbocycles. The van der Waals surface area contributed by atoms with E-state index in [2.05, 4.69) is 48.4 Å². The molecule has 0 fully saturated rings. The summed E-state index contributed by atoms with van der Waals surface area (Å²) >= 11 is 1.38. The largest absolute Gasteiger partial charge is 0.325 e. The van der Waals surface area contributed by atoms with Crippen LogP contribution in [0.5, 0.6) is 0 Å². The van der Waals surface area contributed by atoms with Crippen LogP contribution in [0.3, 0.4) is 0 Å². The number of benzene rings is 2. The van der Waals surface area contributed by atoms with Crippen LogP contribution >= 0.6 is 11.8 Å². The van der Waals surface area contributed by atoms with E-state index in [4.69, 9.17) is 5.26 Å². The first-order valence-corrected chi connectivity index (χ1v) is 9.08. The highest BCUT2D eigenvalue weighted by Crippen LogP contribution is 2.22. The number of nitriles is 1. The lowest BCUT2D eigenvalue weighted by Gasteiger charge is -2.10. The van der Waals surface area contributed by atoms with E-state index in [-0.39, 0.29) is 11.7 Å². The first kappa shape index (κ1) is 17.8. The number of rotatable bonds is 5. The summed E-state index contributed by atoms with van der Waals surface area (Å²) < 4.78 is 1.99. The quantitative estimate of drug-likeness (QED) is 0.694. The molecule has 3 aromatic rings. The normalized spacial score (nSPS) is 10.3. The molecule has 1 amide bonds. The summed E-state index contributed by atoms with van der Waals surface area (Å²) in [4.78, 5) is 16.5. The van der Waals surface area contributed by atoms with Gasteiger partial charge in [0.1, 0.15) is 0 Å². The second-order valence-electron chi connectivity index (χ2n) is 5.95. The second-order valence-corrected chi connectivity index (χ2v) is 6.89. The van der Waals surface area contributed by atoms with Gasteiger partial charge in [-0.3, -0.25) is 9.36 Å². The molecule has 1 N–H and O–H groups in total. The van der Waals surface area contributed by atoms with Gasteiger partial charge in [0.2, 0.25) is 5.91 Å². The number of thioether (sulfide) groups is 1. The average Bonchev–Trinajstić information content (AvgIpc) is 3.08. The van der Waals surface area contributed by atoms with E-state index in [0.29, 0.717) is 11.3 Å². The molecule has 0 unspecified atom stereocenters. The van der Waals surface area contributed by atoms with Gasteiger partial charge < -0.3 is 5.32 Å². The summed E-state index contributed by atoms with van der Waals surface area (Å²) in [5, 5.41) is 12.4. The van der Waals surface area contributed by atoms with Crippen molar-refractivity contribution in [2.75, 3.05) is 11.1 Å². The molecule has 0 saturated heterocycles. The fourth-order valence-electron chi connectivity index (χ4n) is 2.64. The van der Waals surface area contributed by atoms with Gasteiger partial charge >= 0.3 is 0 Å². The molecule has 0 bridgehead atoms. The summed E-state index contributed by atoms with van der Waals surface area (Å²) in [6.45, 7) is 4.12. The maximum Gasteiger partial charge on any atom is 0.234 e. The molecule has 0 saturated carbocycles. The summed E-state index contributed by atoms with van der Waals surface area (Å²) in [5.41, 5.74) is 4.64. The monoisotopic (exact) mass is 362 g/mol. The van der Waals surface area contributed by atoms with Crippen LogP contribution in [0.15, 0.2) is 60.0 Å². The van der Waals surface area contributed by atoms with E-state index in [1.54, 1.807) is 30.5 Å². The van der Waals surface area contributed by atoms with Crippen molar-refractivity contribution in [3.63, 3.8) is 0 Å². The Bertz CT molecular complexity index is 950. The Morgan fingerprint density at radius 1 is 1.19 bits per heavy atom. The molecule has 1 aromatic heterocycles. The molecular formula is C20H18N4OS. The number of carbonyl (C=O) groups excluding carboxylic acids is 1. The molecule has 26 heavy (non-hydrogen) atoms. The van der Waals surface area contributed by atoms with Crippen molar-refractivity contribution in [2.24, 2.45) is 0 Å². The first-order chi connectivity index (χ1) is 12.5. The smallest absolute Gasteiger partial charge is 0.234 e. The number of imidazole rings is 1. The minimum absolute atomic E-state index is 0.116. The van der Waals surface area contributed by atoms with Gasteiger partial charge in [-0.1, -0.05) is 17.8 Å². The maximum absolute atomic E-state index is 12.2. The Balaban J connectivity index is 1.66. The van der Waals surface area contributed by atoms with Crippen LogP contribution in [0, 0.1) is 25.2 Å². The Hall–Kier alpha value is -3.04. The molecule has 3 rings (SSSR count). The molecule has 0 radical (unpaired) electrons. The highest BCUT2D eigenvalue weighted by Gasteiger charge is 2.10. The lowest BCUT2D eigenvalue weighted by Crippen LogP contribution is -2.14. The fraction of sp³-hybridized carbons (Fsp3) is 0.150. The van der Waals surface area contributed by atoms with Gasteiger partial charge in [-0.25, -0.2) is 4.98 Å². The van der Waals surface area contributed by atoms with Gasteiger partial charge in [-0.05, 0) is 61.4 Å². The molecule has 0 spiro atoms. The number of anilines is 1. The van der Waals surface area contributed by atoms with Crippen LogP contribution in [0.2, 0.25) is 0 Å². The molecular weight excluding hydrogens is 344 g/mol. The Labute approximate surface area is 156 Å². The minimum Gasteiger partial charge on any atom is -0.325 e. The van der Waals surface area contributed by atoms with Crippen LogP contribution in [-0.4, -0.2) is 21.2 Å². The van der Waals surface area contributed by atoms with Gasteiger partial charge in [-0.2, -0.15) is 5.26 Å². The molecule has 0 aliphatic heterocycles. The first-order valence-electron chi connectivity index (χ1n) is 8.10. The maximum atomic E-state index is 12.2. The predicted octanol–water partition coefficient (Wildman–Crippen LogP) is 4.09. The van der Waals surface area contributed by atoms with Gasteiger partial charge in [0, 0.05) is 23.8 Å². The van der Waals surface area contributed by atoms with Crippen molar-refractivity contribution >= 4 is 23.4 Å². The number of nitrogens with one attached hydrogen (secondary N) is 1. The van der Waals surface area contributed by atoms with E-state index < -0.39 is 0 Å². The van der Waals surface area contributed by atoms with E-state index in [9.17, 15) is 4.79 Å². The Kier molecular flexibility index (Phi) is 5.40. The van der Waals surface area contributed by atoms with Gasteiger partial charge in [0.15, 0.2) is 5.16 Å². The highest BCUT2D eigenvalue weighted by molar-refractivity contribution is 7.99. The number of aromatic nitrogens is 2. The summed E-state index contributed by atoms with van der Waals surface area (Å²) in [6.07, 6.45) is 3.63. The fourth-order valence-corrected chi connectivity index (χ4v) is 3.41. The molecule has 130 valence electrons. The second kappa shape index (κ2) is 7.89. The average molecular weight is 362 g/mol. The van der Waals surface area contributed by atoms with Crippen LogP contribution < -0.4 is 5.32 Å². The molecule has 6 heteroatoms. The Morgan fingerprint density at radius 3 is 2.54 bits per heavy atom. The molecule has 1 heterocycles. The minimum atomic E-state index is -0.116. The number of amides is 1. The third kappa shape index (κ3) is 4.32. The third-order valence-electron chi connectivity index (χ3n) is 3.72.